The van der Waals surface area contributed by atoms with Crippen LogP contribution in [0.15, 0.2) is 84.1 Å². The molecule has 0 spiro atoms. The van der Waals surface area contributed by atoms with Gasteiger partial charge in [-0.3, -0.25) is 9.59 Å². The van der Waals surface area contributed by atoms with Gasteiger partial charge in [0.25, 0.3) is 0 Å². The van der Waals surface area contributed by atoms with Gasteiger partial charge < -0.3 is 15.4 Å². The van der Waals surface area contributed by atoms with Crippen molar-refractivity contribution in [3.05, 3.63) is 95.2 Å². The first-order valence-electron chi connectivity index (χ1n) is 9.49. The Hall–Kier alpha value is -3.64. The van der Waals surface area contributed by atoms with Gasteiger partial charge in [-0.1, -0.05) is 54.6 Å². The Morgan fingerprint density at radius 3 is 2.30 bits per heavy atom. The number of hydrogen-bond acceptors (Lipinski definition) is 4. The van der Waals surface area contributed by atoms with Crippen LogP contribution < -0.4 is 11.2 Å². The number of nitrogens with zero attached hydrogens (tertiary/aromatic N) is 1. The van der Waals surface area contributed by atoms with Crippen molar-refractivity contribution in [1.82, 2.24) is 5.01 Å². The van der Waals surface area contributed by atoms with Crippen LogP contribution in [0.2, 0.25) is 0 Å². The number of carbonyl (C=O) groups excluding carboxylic acids is 1. The van der Waals surface area contributed by atoms with Crippen LogP contribution in [-0.4, -0.2) is 22.0 Å². The number of anilines is 1. The number of amides is 1. The van der Waals surface area contributed by atoms with Gasteiger partial charge in [0.05, 0.1) is 13.0 Å². The Kier molecular flexibility index (Phi) is 8.14. The fourth-order valence-electron chi connectivity index (χ4n) is 2.84. The summed E-state index contributed by atoms with van der Waals surface area (Å²) < 4.78 is 0. The number of nitrogens with two attached hydrogens (primary N) is 1. The maximum absolute atomic E-state index is 12.1. The highest BCUT2D eigenvalue weighted by Crippen LogP contribution is 2.20. The van der Waals surface area contributed by atoms with Crippen LogP contribution in [0.4, 0.5) is 5.69 Å². The maximum Gasteiger partial charge on any atom is 0.307 e. The Morgan fingerprint density at radius 2 is 1.73 bits per heavy atom. The first kappa shape index (κ1) is 22.6. The molecule has 30 heavy (non-hydrogen) atoms. The molecule has 0 radical (unpaired) electrons. The molecule has 6 heteroatoms. The number of rotatable bonds is 9. The van der Waals surface area contributed by atoms with Crippen molar-refractivity contribution in [2.45, 2.75) is 26.8 Å². The van der Waals surface area contributed by atoms with E-state index in [0.29, 0.717) is 29.1 Å². The predicted octanol–water partition coefficient (Wildman–Crippen LogP) is 4.34. The Morgan fingerprint density at radius 1 is 1.10 bits per heavy atom. The van der Waals surface area contributed by atoms with E-state index in [1.54, 1.807) is 32.1 Å². The summed E-state index contributed by atoms with van der Waals surface area (Å²) >= 11 is 0. The molecule has 2 aromatic carbocycles. The fourth-order valence-corrected chi connectivity index (χ4v) is 2.84. The lowest BCUT2D eigenvalue weighted by atomic mass is 10.0. The summed E-state index contributed by atoms with van der Waals surface area (Å²) in [5.41, 5.74) is 4.49. The summed E-state index contributed by atoms with van der Waals surface area (Å²) in [5.74, 6) is 4.99. The van der Waals surface area contributed by atoms with E-state index in [-0.39, 0.29) is 12.3 Å². The molecule has 156 valence electrons. The summed E-state index contributed by atoms with van der Waals surface area (Å²) in [6, 6.07) is 16.9. The first-order valence-corrected chi connectivity index (χ1v) is 9.49. The highest BCUT2D eigenvalue weighted by molar-refractivity contribution is 6.01. The van der Waals surface area contributed by atoms with Crippen molar-refractivity contribution in [2.75, 3.05) is 5.32 Å². The van der Waals surface area contributed by atoms with Crippen LogP contribution in [0.5, 0.6) is 0 Å². The third-order valence-corrected chi connectivity index (χ3v) is 4.51. The molecule has 4 N–H and O–H groups in total. The topological polar surface area (TPSA) is 95.7 Å². The van der Waals surface area contributed by atoms with Crippen LogP contribution in [0.3, 0.4) is 0 Å². The molecule has 0 unspecified atom stereocenters. The molecule has 6 nitrogen and oxygen atoms in total. The Bertz CT molecular complexity index is 961. The van der Waals surface area contributed by atoms with Gasteiger partial charge in [0.15, 0.2) is 0 Å². The number of nitrogens with one attached hydrogen (secondary N) is 1. The van der Waals surface area contributed by atoms with E-state index in [1.807, 2.05) is 42.5 Å². The third-order valence-electron chi connectivity index (χ3n) is 4.51. The van der Waals surface area contributed by atoms with Gasteiger partial charge in [-0.25, -0.2) is 5.84 Å². The van der Waals surface area contributed by atoms with Gasteiger partial charge in [-0.15, -0.1) is 0 Å². The molecule has 0 saturated carbocycles. The van der Waals surface area contributed by atoms with Gasteiger partial charge in [0.1, 0.15) is 0 Å². The minimum Gasteiger partial charge on any atom is -0.481 e. The van der Waals surface area contributed by atoms with Gasteiger partial charge in [0, 0.05) is 17.5 Å². The number of hydrazine groups is 1. The molecular formula is C24H27N3O3. The van der Waals surface area contributed by atoms with E-state index in [9.17, 15) is 9.59 Å². The van der Waals surface area contributed by atoms with Crippen LogP contribution in [0, 0.1) is 0 Å². The normalized spacial score (nSPS) is 11.7. The van der Waals surface area contributed by atoms with Crippen LogP contribution in [0.25, 0.3) is 6.08 Å². The molecule has 0 heterocycles. The van der Waals surface area contributed by atoms with Gasteiger partial charge in [-0.05, 0) is 48.8 Å². The second-order valence-electron chi connectivity index (χ2n) is 6.97. The van der Waals surface area contributed by atoms with Crippen molar-refractivity contribution in [3.8, 4) is 0 Å². The van der Waals surface area contributed by atoms with Crippen LogP contribution in [-0.2, 0) is 16.1 Å². The van der Waals surface area contributed by atoms with E-state index in [2.05, 4.69) is 11.9 Å². The van der Waals surface area contributed by atoms with Crippen LogP contribution >= 0.6 is 0 Å². The fraction of sp³-hybridized carbons (Fsp3) is 0.167. The lowest BCUT2D eigenvalue weighted by molar-refractivity contribution is -0.136. The molecule has 0 fully saturated rings. The number of benzene rings is 2. The first-order chi connectivity index (χ1) is 14.3. The minimum absolute atomic E-state index is 0.129. The number of aliphatic carboxylic acids is 1. The van der Waals surface area contributed by atoms with Crippen molar-refractivity contribution in [2.24, 2.45) is 5.84 Å². The summed E-state index contributed by atoms with van der Waals surface area (Å²) in [4.78, 5) is 23.2. The predicted molar refractivity (Wildman–Crippen MR) is 120 cm³/mol. The van der Waals surface area contributed by atoms with E-state index in [1.165, 1.54) is 11.1 Å². The standard InChI is InChI=1S/C24H27N3O3/c1-17(2)22(15-24(29)30)18(3)27(25)16-20-9-12-21(13-10-20)26-23(28)14-11-19-7-5-4-6-8-19/h4-14H,1,15-16,25H2,2-3H3,(H,26,28)(H,29,30)/b14-11+,22-18-. The molecule has 0 aliphatic heterocycles. The lowest BCUT2D eigenvalue weighted by Gasteiger charge is -2.23. The van der Waals surface area contributed by atoms with E-state index in [4.69, 9.17) is 10.9 Å². The number of allylic oxidation sites excluding steroid dienone is 2. The highest BCUT2D eigenvalue weighted by atomic mass is 16.4. The second kappa shape index (κ2) is 10.8. The van der Waals surface area contributed by atoms with Crippen molar-refractivity contribution in [1.29, 1.82) is 0 Å². The molecule has 0 aliphatic carbocycles. The summed E-state index contributed by atoms with van der Waals surface area (Å²) in [7, 11) is 0. The van der Waals surface area contributed by atoms with E-state index >= 15 is 0 Å². The molecule has 0 aromatic heterocycles. The summed E-state index contributed by atoms with van der Waals surface area (Å²) in [6.45, 7) is 7.78. The molecule has 1 amide bonds. The second-order valence-corrected chi connectivity index (χ2v) is 6.97. The lowest BCUT2D eigenvalue weighted by Crippen LogP contribution is -2.30. The number of hydrogen-bond donors (Lipinski definition) is 3. The monoisotopic (exact) mass is 405 g/mol. The largest absolute Gasteiger partial charge is 0.481 e. The number of carboxylic acid groups (broad SMARTS) is 1. The smallest absolute Gasteiger partial charge is 0.307 e. The molecule has 0 bridgehead atoms. The summed E-state index contributed by atoms with van der Waals surface area (Å²) in [5, 5.41) is 13.4. The zero-order valence-corrected chi connectivity index (χ0v) is 17.3. The van der Waals surface area contributed by atoms with Crippen molar-refractivity contribution in [3.63, 3.8) is 0 Å². The molecule has 0 atom stereocenters. The zero-order chi connectivity index (χ0) is 22.1. The molecule has 0 aliphatic rings. The quantitative estimate of drug-likeness (QED) is 0.250. The molecule has 2 aromatic rings. The van der Waals surface area contributed by atoms with Gasteiger partial charge in [0.2, 0.25) is 5.91 Å². The highest BCUT2D eigenvalue weighted by Gasteiger charge is 2.13. The zero-order valence-electron chi connectivity index (χ0n) is 17.3. The molecular weight excluding hydrogens is 378 g/mol. The third kappa shape index (κ3) is 7.07. The van der Waals surface area contributed by atoms with E-state index in [0.717, 1.165) is 11.1 Å². The Labute approximate surface area is 177 Å². The molecule has 0 saturated heterocycles. The van der Waals surface area contributed by atoms with E-state index < -0.39 is 5.97 Å². The molecule has 2 rings (SSSR count). The van der Waals surface area contributed by atoms with Gasteiger partial charge in [-0.2, -0.15) is 0 Å². The number of carbonyl (C=O) groups is 2. The maximum atomic E-state index is 12.1. The van der Waals surface area contributed by atoms with Gasteiger partial charge >= 0.3 is 5.97 Å². The van der Waals surface area contributed by atoms with Crippen LogP contribution in [0.1, 0.15) is 31.4 Å². The average Bonchev–Trinajstić information content (AvgIpc) is 2.72. The number of carboxylic acids is 1. The summed E-state index contributed by atoms with van der Waals surface area (Å²) in [6.07, 6.45) is 3.11. The Balaban J connectivity index is 1.99. The average molecular weight is 405 g/mol. The minimum atomic E-state index is -0.929. The SMILES string of the molecule is C=C(C)/C(CC(=O)O)=C(/C)N(N)Cc1ccc(NC(=O)/C=C/c2ccccc2)cc1. The van der Waals surface area contributed by atoms with Crippen molar-refractivity contribution < 1.29 is 14.7 Å². The van der Waals surface area contributed by atoms with Crippen molar-refractivity contribution >= 4 is 23.6 Å².